The van der Waals surface area contributed by atoms with Crippen molar-refractivity contribution in [3.8, 4) is 0 Å². The van der Waals surface area contributed by atoms with Crippen molar-refractivity contribution in [3.63, 3.8) is 0 Å². The van der Waals surface area contributed by atoms with Gasteiger partial charge in [-0.15, -0.1) is 11.3 Å². The molecule has 0 atom stereocenters. The van der Waals surface area contributed by atoms with E-state index >= 15 is 0 Å². The molecular weight excluding hydrogens is 173 g/mol. The third kappa shape index (κ3) is 1.28. The summed E-state index contributed by atoms with van der Waals surface area (Å²) in [4.78, 5) is 1.35. The molecule has 1 rings (SSSR count). The third-order valence-electron chi connectivity index (χ3n) is 0.708. The van der Waals surface area contributed by atoms with Crippen LogP contribution in [-0.4, -0.2) is 0 Å². The van der Waals surface area contributed by atoms with E-state index in [4.69, 9.17) is 0 Å². The quantitative estimate of drug-likeness (QED) is 0.536. The van der Waals surface area contributed by atoms with E-state index in [-0.39, 0.29) is 0 Å². The molecule has 1 aromatic rings. The second-order valence-corrected chi connectivity index (χ2v) is 4.02. The van der Waals surface area contributed by atoms with E-state index in [1.54, 1.807) is 11.3 Å². The zero-order valence-corrected chi connectivity index (χ0v) is 6.34. The summed E-state index contributed by atoms with van der Waals surface area (Å²) in [5.41, 5.74) is 0. The Labute approximate surface area is 55.3 Å². The van der Waals surface area contributed by atoms with Crippen molar-refractivity contribution in [3.05, 3.63) is 20.8 Å². The predicted octanol–water partition coefficient (Wildman–Crippen LogP) is 2.82. The maximum absolute atomic E-state index is 3.35. The average molecular weight is 178 g/mol. The minimum atomic E-state index is 1.21. The second-order valence-electron chi connectivity index (χ2n) is 1.35. The summed E-state index contributed by atoms with van der Waals surface area (Å²) in [6.45, 7) is 2.09. The molecule has 0 amide bonds. The van der Waals surface area contributed by atoms with Gasteiger partial charge in [-0.25, -0.2) is 0 Å². The van der Waals surface area contributed by atoms with Crippen LogP contribution in [0.4, 0.5) is 0 Å². The first kappa shape index (κ1) is 5.32. The summed E-state index contributed by atoms with van der Waals surface area (Å²) in [6, 6.07) is 4.15. The molecule has 38 valence electrons. The molecule has 1 aromatic heterocycles. The fraction of sp³-hybridized carbons (Fsp3) is 0.200. The van der Waals surface area contributed by atoms with Crippen molar-refractivity contribution in [2.24, 2.45) is 0 Å². The van der Waals surface area contributed by atoms with Crippen molar-refractivity contribution in [2.45, 2.75) is 6.92 Å². The molecule has 1 heterocycles. The van der Waals surface area contributed by atoms with Crippen molar-refractivity contribution in [1.82, 2.24) is 0 Å². The van der Waals surface area contributed by atoms with Crippen molar-refractivity contribution >= 4 is 27.3 Å². The molecule has 7 heavy (non-hydrogen) atoms. The molecule has 0 aromatic carbocycles. The van der Waals surface area contributed by atoms with E-state index in [0.29, 0.717) is 0 Å². The van der Waals surface area contributed by atoms with E-state index < -0.39 is 0 Å². The molecule has 0 aliphatic rings. The molecule has 0 saturated carbocycles. The Kier molecular flexibility index (Phi) is 1.50. The van der Waals surface area contributed by atoms with Crippen LogP contribution in [0.15, 0.2) is 15.9 Å². The highest BCUT2D eigenvalue weighted by Crippen LogP contribution is 2.20. The molecule has 0 radical (unpaired) electrons. The molecule has 0 fully saturated rings. The Morgan fingerprint density at radius 3 is 2.43 bits per heavy atom. The minimum Gasteiger partial charge on any atom is -0.134 e. The van der Waals surface area contributed by atoms with Gasteiger partial charge in [0.15, 0.2) is 0 Å². The zero-order chi connectivity index (χ0) is 5.28. The van der Waals surface area contributed by atoms with Gasteiger partial charge in [0.25, 0.3) is 0 Å². The van der Waals surface area contributed by atoms with Crippen LogP contribution in [-0.2, 0) is 0 Å². The number of rotatable bonds is 0. The van der Waals surface area contributed by atoms with Crippen LogP contribution in [0.2, 0.25) is 0 Å². The number of aryl methyl sites for hydroxylation is 1. The largest absolute Gasteiger partial charge is 0.134 e. The van der Waals surface area contributed by atoms with Gasteiger partial charge in [-0.3, -0.25) is 0 Å². The smallest absolute Gasteiger partial charge is 0.0701 e. The number of hydrogen-bond donors (Lipinski definition) is 0. The van der Waals surface area contributed by atoms with E-state index in [1.165, 1.54) is 8.66 Å². The highest BCUT2D eigenvalue weighted by molar-refractivity contribution is 9.11. The molecule has 0 spiro atoms. The lowest BCUT2D eigenvalue weighted by Gasteiger charge is -1.69. The predicted molar refractivity (Wildman–Crippen MR) is 36.8 cm³/mol. The lowest BCUT2D eigenvalue weighted by atomic mass is 10.6. The first-order valence-corrected chi connectivity index (χ1v) is 3.62. The zero-order valence-electron chi connectivity index (χ0n) is 3.94. The monoisotopic (exact) mass is 177 g/mol. The Balaban J connectivity index is 3.04. The van der Waals surface area contributed by atoms with Crippen molar-refractivity contribution < 1.29 is 0 Å². The van der Waals surface area contributed by atoms with Crippen molar-refractivity contribution in [1.29, 1.82) is 0 Å². The van der Waals surface area contributed by atoms with Gasteiger partial charge >= 0.3 is 0 Å². The van der Waals surface area contributed by atoms with Gasteiger partial charge in [-0.05, 0) is 35.0 Å². The molecule has 0 N–H and O–H groups in total. The number of thiophene rings is 1. The Morgan fingerprint density at radius 2 is 2.29 bits per heavy atom. The van der Waals surface area contributed by atoms with Crippen LogP contribution >= 0.6 is 27.3 Å². The van der Waals surface area contributed by atoms with E-state index in [9.17, 15) is 0 Å². The first-order valence-electron chi connectivity index (χ1n) is 2.01. The van der Waals surface area contributed by atoms with Gasteiger partial charge in [-0.1, -0.05) is 0 Å². The SMILES string of the molecule is [13CH3]c1ccc(Br)s1. The molecule has 0 aliphatic heterocycles. The van der Waals surface area contributed by atoms with Crippen LogP contribution < -0.4 is 0 Å². The normalized spacial score (nSPS) is 9.43. The molecule has 0 unspecified atom stereocenters. The summed E-state index contributed by atoms with van der Waals surface area (Å²) in [5, 5.41) is 0. The van der Waals surface area contributed by atoms with E-state index in [1.807, 2.05) is 0 Å². The molecule has 0 nitrogen and oxygen atoms in total. The summed E-state index contributed by atoms with van der Waals surface area (Å²) < 4.78 is 1.21. The maximum Gasteiger partial charge on any atom is 0.0701 e. The highest BCUT2D eigenvalue weighted by atomic mass is 79.9. The number of hydrogen-bond acceptors (Lipinski definition) is 1. The topological polar surface area (TPSA) is 0 Å². The molecule has 0 saturated heterocycles. The lowest BCUT2D eigenvalue weighted by molar-refractivity contribution is 1.64. The fourth-order valence-corrected chi connectivity index (χ4v) is 1.88. The van der Waals surface area contributed by atoms with Crippen LogP contribution in [0, 0.1) is 6.92 Å². The van der Waals surface area contributed by atoms with Crippen molar-refractivity contribution in [2.75, 3.05) is 0 Å². The summed E-state index contributed by atoms with van der Waals surface area (Å²) in [5.74, 6) is 0. The van der Waals surface area contributed by atoms with Gasteiger partial charge in [0.1, 0.15) is 0 Å². The Morgan fingerprint density at radius 1 is 1.57 bits per heavy atom. The number of halogens is 1. The van der Waals surface area contributed by atoms with Crippen LogP contribution in [0.1, 0.15) is 4.88 Å². The Bertz CT molecular complexity index is 140. The van der Waals surface area contributed by atoms with Gasteiger partial charge < -0.3 is 0 Å². The highest BCUT2D eigenvalue weighted by Gasteiger charge is 1.86. The third-order valence-corrected chi connectivity index (χ3v) is 2.25. The second kappa shape index (κ2) is 1.97. The van der Waals surface area contributed by atoms with Crippen LogP contribution in [0.25, 0.3) is 0 Å². The Hall–Kier alpha value is 0.180. The van der Waals surface area contributed by atoms with Crippen LogP contribution in [0.5, 0.6) is 0 Å². The summed E-state index contributed by atoms with van der Waals surface area (Å²) in [6.07, 6.45) is 0. The average Bonchev–Trinajstić information content (AvgIpc) is 1.87. The van der Waals surface area contributed by atoms with Gasteiger partial charge in [0, 0.05) is 4.88 Å². The van der Waals surface area contributed by atoms with Crippen LogP contribution in [0.3, 0.4) is 0 Å². The standard InChI is InChI=1S/C5H5BrS/c1-4-2-3-5(6)7-4/h2-3H,1H3/i1+1. The molecule has 2 heteroatoms. The van der Waals surface area contributed by atoms with Gasteiger partial charge in [0.05, 0.1) is 3.79 Å². The molecular formula is C5H5BrS. The van der Waals surface area contributed by atoms with E-state index in [0.717, 1.165) is 0 Å². The molecule has 0 bridgehead atoms. The maximum atomic E-state index is 3.35. The fourth-order valence-electron chi connectivity index (χ4n) is 0.405. The summed E-state index contributed by atoms with van der Waals surface area (Å²) in [7, 11) is 0. The molecule has 0 aliphatic carbocycles. The first-order chi connectivity index (χ1) is 3.29. The minimum absolute atomic E-state index is 1.21. The van der Waals surface area contributed by atoms with Gasteiger partial charge in [-0.2, -0.15) is 0 Å². The lowest BCUT2D eigenvalue weighted by Crippen LogP contribution is -1.43. The van der Waals surface area contributed by atoms with Gasteiger partial charge in [0.2, 0.25) is 0 Å². The summed E-state index contributed by atoms with van der Waals surface area (Å²) >= 11 is 5.11. The van der Waals surface area contributed by atoms with E-state index in [2.05, 4.69) is 35.0 Å².